The molecule has 0 bridgehead atoms. The van der Waals surface area contributed by atoms with E-state index in [2.05, 4.69) is 20.4 Å². The number of hydrogen-bond acceptors (Lipinski definition) is 5. The monoisotopic (exact) mass is 475 g/mol. The number of aromatic nitrogens is 4. The van der Waals surface area contributed by atoms with Crippen LogP contribution in [0.5, 0.6) is 0 Å². The fourth-order valence-electron chi connectivity index (χ4n) is 3.29. The second kappa shape index (κ2) is 8.17. The van der Waals surface area contributed by atoms with Crippen molar-refractivity contribution in [2.75, 3.05) is 5.32 Å². The number of benzene rings is 1. The van der Waals surface area contributed by atoms with Gasteiger partial charge < -0.3 is 10.4 Å². The summed E-state index contributed by atoms with van der Waals surface area (Å²) in [5.41, 5.74) is -1.47. The Balaban J connectivity index is 1.87. The fourth-order valence-corrected chi connectivity index (χ4v) is 3.49. The summed E-state index contributed by atoms with van der Waals surface area (Å²) in [6.45, 7) is 1.55. The zero-order valence-corrected chi connectivity index (χ0v) is 17.4. The minimum absolute atomic E-state index is 0.0393. The highest BCUT2D eigenvalue weighted by Gasteiger charge is 2.37. The highest BCUT2D eigenvalue weighted by atomic mass is 35.5. The van der Waals surface area contributed by atoms with Crippen LogP contribution in [-0.2, 0) is 6.18 Å². The van der Waals surface area contributed by atoms with Gasteiger partial charge in [-0.25, -0.2) is 14.5 Å². The van der Waals surface area contributed by atoms with Gasteiger partial charge in [0, 0.05) is 23.8 Å². The zero-order valence-electron chi connectivity index (χ0n) is 16.7. The van der Waals surface area contributed by atoms with Crippen LogP contribution in [0.4, 0.5) is 18.9 Å². The Labute approximate surface area is 188 Å². The Kier molecular flexibility index (Phi) is 5.50. The molecule has 0 unspecified atom stereocenters. The number of nitrogens with zero attached hydrogens (tertiary/aromatic N) is 4. The van der Waals surface area contributed by atoms with Crippen molar-refractivity contribution in [2.45, 2.75) is 13.1 Å². The molecule has 33 heavy (non-hydrogen) atoms. The maximum absolute atomic E-state index is 13.4. The molecule has 0 atom stereocenters. The summed E-state index contributed by atoms with van der Waals surface area (Å²) in [7, 11) is 0. The maximum atomic E-state index is 13.4. The van der Waals surface area contributed by atoms with Gasteiger partial charge in [-0.05, 0) is 36.8 Å². The quantitative estimate of drug-likeness (QED) is 0.441. The number of pyridine rings is 2. The van der Waals surface area contributed by atoms with E-state index in [1.807, 2.05) is 0 Å². The molecule has 0 fully saturated rings. The van der Waals surface area contributed by atoms with E-state index in [9.17, 15) is 27.9 Å². The van der Waals surface area contributed by atoms with E-state index < -0.39 is 29.4 Å². The van der Waals surface area contributed by atoms with E-state index in [1.165, 1.54) is 36.7 Å². The number of carboxylic acid groups (broad SMARTS) is 1. The number of hydrogen-bond donors (Lipinski definition) is 2. The normalized spacial score (nSPS) is 11.5. The van der Waals surface area contributed by atoms with Gasteiger partial charge in [0.15, 0.2) is 11.5 Å². The molecule has 12 heteroatoms. The maximum Gasteiger partial charge on any atom is 0.435 e. The second-order valence-corrected chi connectivity index (χ2v) is 7.31. The number of carbonyl (C=O) groups is 2. The first-order valence-electron chi connectivity index (χ1n) is 9.29. The first-order valence-corrected chi connectivity index (χ1v) is 9.67. The summed E-state index contributed by atoms with van der Waals surface area (Å²) in [6, 6.07) is 7.99. The lowest BCUT2D eigenvalue weighted by atomic mass is 10.0. The molecule has 0 aliphatic heterocycles. The molecular weight excluding hydrogens is 463 g/mol. The molecule has 8 nitrogen and oxygen atoms in total. The fraction of sp³-hybridized carbons (Fsp3) is 0.0952. The van der Waals surface area contributed by atoms with Crippen LogP contribution in [0.3, 0.4) is 0 Å². The van der Waals surface area contributed by atoms with Crippen LogP contribution in [0.25, 0.3) is 16.7 Å². The number of carboxylic acids is 1. The van der Waals surface area contributed by atoms with Gasteiger partial charge in [-0.3, -0.25) is 9.78 Å². The van der Waals surface area contributed by atoms with Gasteiger partial charge in [-0.15, -0.1) is 0 Å². The van der Waals surface area contributed by atoms with Gasteiger partial charge >= 0.3 is 12.1 Å². The number of amides is 1. The number of fused-ring (bicyclic) bond motifs is 1. The van der Waals surface area contributed by atoms with E-state index >= 15 is 0 Å². The molecule has 0 saturated heterocycles. The average molecular weight is 476 g/mol. The van der Waals surface area contributed by atoms with Gasteiger partial charge in [0.2, 0.25) is 0 Å². The minimum Gasteiger partial charge on any atom is -0.478 e. The molecule has 0 aliphatic carbocycles. The van der Waals surface area contributed by atoms with Crippen LogP contribution in [0.1, 0.15) is 32.1 Å². The van der Waals surface area contributed by atoms with Crippen molar-refractivity contribution in [3.8, 4) is 5.82 Å². The number of nitrogens with one attached hydrogen (secondary N) is 1. The lowest BCUT2D eigenvalue weighted by molar-refractivity contribution is -0.141. The van der Waals surface area contributed by atoms with Crippen molar-refractivity contribution in [2.24, 2.45) is 0 Å². The number of anilines is 1. The Bertz CT molecular complexity index is 1420. The van der Waals surface area contributed by atoms with Gasteiger partial charge in [-0.1, -0.05) is 17.7 Å². The average Bonchev–Trinajstić information content (AvgIpc) is 3.20. The number of aromatic carboxylic acids is 1. The number of halogens is 4. The Morgan fingerprint density at radius 2 is 1.82 bits per heavy atom. The molecule has 0 spiro atoms. The molecule has 168 valence electrons. The SMILES string of the molecule is Cc1cc2ncccc2c(C(=O)O)c1NC(=O)c1cc(C(F)(F)F)nn1-c1ncccc1Cl. The van der Waals surface area contributed by atoms with Crippen LogP contribution in [0, 0.1) is 6.92 Å². The largest absolute Gasteiger partial charge is 0.478 e. The highest BCUT2D eigenvalue weighted by Crippen LogP contribution is 2.32. The number of carbonyl (C=O) groups excluding carboxylic acids is 1. The van der Waals surface area contributed by atoms with E-state index in [1.54, 1.807) is 13.0 Å². The van der Waals surface area contributed by atoms with Gasteiger partial charge in [-0.2, -0.15) is 18.3 Å². The molecule has 1 amide bonds. The molecule has 0 radical (unpaired) electrons. The minimum atomic E-state index is -4.85. The molecule has 0 aliphatic rings. The highest BCUT2D eigenvalue weighted by molar-refractivity contribution is 6.32. The number of aryl methyl sites for hydroxylation is 1. The van der Waals surface area contributed by atoms with Crippen molar-refractivity contribution in [3.05, 3.63) is 76.3 Å². The molecular formula is C21H13ClF3N5O3. The molecule has 4 aromatic rings. The molecule has 3 aromatic heterocycles. The van der Waals surface area contributed by atoms with E-state index in [0.717, 1.165) is 0 Å². The van der Waals surface area contributed by atoms with Crippen LogP contribution < -0.4 is 5.32 Å². The molecule has 3 heterocycles. The first-order chi connectivity index (χ1) is 15.6. The topological polar surface area (TPSA) is 110 Å². The summed E-state index contributed by atoms with van der Waals surface area (Å²) >= 11 is 6.06. The van der Waals surface area contributed by atoms with Crippen molar-refractivity contribution in [1.82, 2.24) is 19.7 Å². The molecule has 4 rings (SSSR count). The second-order valence-electron chi connectivity index (χ2n) is 6.91. The van der Waals surface area contributed by atoms with Crippen molar-refractivity contribution < 1.29 is 27.9 Å². The van der Waals surface area contributed by atoms with E-state index in [4.69, 9.17) is 11.6 Å². The summed E-state index contributed by atoms with van der Waals surface area (Å²) in [5, 5.41) is 15.9. The summed E-state index contributed by atoms with van der Waals surface area (Å²) in [5.74, 6) is -2.57. The van der Waals surface area contributed by atoms with Crippen LogP contribution in [0.2, 0.25) is 5.02 Å². The predicted molar refractivity (Wildman–Crippen MR) is 113 cm³/mol. The van der Waals surface area contributed by atoms with Crippen LogP contribution in [0.15, 0.2) is 48.8 Å². The summed E-state index contributed by atoms with van der Waals surface area (Å²) in [6.07, 6.45) is -2.08. The van der Waals surface area contributed by atoms with E-state index in [0.29, 0.717) is 21.8 Å². The lowest BCUT2D eigenvalue weighted by Crippen LogP contribution is -2.20. The van der Waals surface area contributed by atoms with Crippen molar-refractivity contribution >= 4 is 40.1 Å². The van der Waals surface area contributed by atoms with Crippen LogP contribution in [-0.4, -0.2) is 36.7 Å². The molecule has 2 N–H and O–H groups in total. The van der Waals surface area contributed by atoms with Crippen LogP contribution >= 0.6 is 11.6 Å². The lowest BCUT2D eigenvalue weighted by Gasteiger charge is -2.15. The smallest absolute Gasteiger partial charge is 0.435 e. The Morgan fingerprint density at radius 3 is 2.48 bits per heavy atom. The molecule has 0 saturated carbocycles. The van der Waals surface area contributed by atoms with Crippen molar-refractivity contribution in [3.63, 3.8) is 0 Å². The zero-order chi connectivity index (χ0) is 23.9. The third kappa shape index (κ3) is 4.10. The summed E-state index contributed by atoms with van der Waals surface area (Å²) in [4.78, 5) is 33.1. The Hall–Kier alpha value is -3.99. The van der Waals surface area contributed by atoms with E-state index in [-0.39, 0.29) is 27.5 Å². The standard InChI is InChI=1S/C21H13ClF3N5O3/c1-10-8-13-11(4-2-6-26-13)16(20(32)33)17(10)28-19(31)14-9-15(21(23,24)25)29-30(14)18-12(22)5-3-7-27-18/h2-9H,1H3,(H,28,31)(H,32,33). The van der Waals surface area contributed by atoms with Gasteiger partial charge in [0.1, 0.15) is 5.69 Å². The van der Waals surface area contributed by atoms with Gasteiger partial charge in [0.05, 0.1) is 21.8 Å². The molecule has 1 aromatic carbocycles. The summed E-state index contributed by atoms with van der Waals surface area (Å²) < 4.78 is 40.7. The van der Waals surface area contributed by atoms with Crippen molar-refractivity contribution in [1.29, 1.82) is 0 Å². The number of rotatable bonds is 4. The Morgan fingerprint density at radius 1 is 1.12 bits per heavy atom. The number of alkyl halides is 3. The van der Waals surface area contributed by atoms with Gasteiger partial charge in [0.25, 0.3) is 5.91 Å². The third-order valence-electron chi connectivity index (χ3n) is 4.73. The third-order valence-corrected chi connectivity index (χ3v) is 5.02. The predicted octanol–water partition coefficient (Wildman–Crippen LogP) is 4.75. The first kappa shape index (κ1) is 22.2.